The topological polar surface area (TPSA) is 132 Å². The second-order valence-electron chi connectivity index (χ2n) is 10.7. The normalized spacial score (nSPS) is 13.2. The largest absolute Gasteiger partial charge is 0.494 e. The Hall–Kier alpha value is -4.84. The lowest BCUT2D eigenvalue weighted by Crippen LogP contribution is -2.37. The van der Waals surface area contributed by atoms with Gasteiger partial charge in [0.1, 0.15) is 23.5 Å². The highest BCUT2D eigenvalue weighted by Crippen LogP contribution is 2.44. The van der Waals surface area contributed by atoms with Crippen LogP contribution in [0.1, 0.15) is 37.6 Å². The number of rotatable bonds is 10. The van der Waals surface area contributed by atoms with Gasteiger partial charge >= 0.3 is 12.0 Å². The van der Waals surface area contributed by atoms with Crippen molar-refractivity contribution in [2.24, 2.45) is 7.05 Å². The minimum Gasteiger partial charge on any atom is -0.494 e. The summed E-state index contributed by atoms with van der Waals surface area (Å²) in [5.41, 5.74) is 4.38. The number of amides is 2. The van der Waals surface area contributed by atoms with Crippen molar-refractivity contribution < 1.29 is 23.8 Å². The molecule has 5 rings (SSSR count). The van der Waals surface area contributed by atoms with Crippen molar-refractivity contribution in [3.63, 3.8) is 0 Å². The van der Waals surface area contributed by atoms with Gasteiger partial charge in [-0.15, -0.1) is 0 Å². The van der Waals surface area contributed by atoms with E-state index in [0.717, 1.165) is 23.0 Å². The molecule has 0 spiro atoms. The van der Waals surface area contributed by atoms with Gasteiger partial charge in [0.2, 0.25) is 0 Å². The number of aryl methyl sites for hydroxylation is 1. The monoisotopic (exact) mass is 601 g/mol. The lowest BCUT2D eigenvalue weighted by Gasteiger charge is -2.31. The standard InChI is InChI=1S/C32H39N7O5/c1-6-11-34-32(41)37-23-16-24(27(42-5)17-26(23)39-12-14-43-15-13-39)36-30-28(21-9-7-8-10-25(21)38(30)4)29-22(18-33-19-35-29)31(40)44-20(2)3/h7-10,16-20,36H,6,11-15H2,1-5H3,(H2,34,37,41). The van der Waals surface area contributed by atoms with Gasteiger partial charge in [-0.1, -0.05) is 25.1 Å². The van der Waals surface area contributed by atoms with Crippen molar-refractivity contribution in [1.82, 2.24) is 19.9 Å². The number of para-hydroxylation sites is 1. The number of benzene rings is 2. The van der Waals surface area contributed by atoms with Gasteiger partial charge in [-0.3, -0.25) is 0 Å². The summed E-state index contributed by atoms with van der Waals surface area (Å²) < 4.78 is 19.0. The maximum Gasteiger partial charge on any atom is 0.342 e. The molecule has 0 aliphatic carbocycles. The van der Waals surface area contributed by atoms with E-state index in [-0.39, 0.29) is 17.7 Å². The number of hydrogen-bond acceptors (Lipinski definition) is 9. The van der Waals surface area contributed by atoms with Crippen molar-refractivity contribution in [3.05, 3.63) is 54.5 Å². The molecule has 0 unspecified atom stereocenters. The van der Waals surface area contributed by atoms with Gasteiger partial charge < -0.3 is 39.6 Å². The summed E-state index contributed by atoms with van der Waals surface area (Å²) in [6, 6.07) is 11.4. The third-order valence-corrected chi connectivity index (χ3v) is 7.33. The Balaban J connectivity index is 1.65. The minimum absolute atomic E-state index is 0.255. The summed E-state index contributed by atoms with van der Waals surface area (Å²) in [6.45, 7) is 8.68. The molecule has 3 N–H and O–H groups in total. The highest BCUT2D eigenvalue weighted by Gasteiger charge is 2.26. The zero-order valence-electron chi connectivity index (χ0n) is 25.8. The van der Waals surface area contributed by atoms with Crippen LogP contribution in [0, 0.1) is 0 Å². The van der Waals surface area contributed by atoms with Crippen molar-refractivity contribution in [2.45, 2.75) is 33.3 Å². The SMILES string of the molecule is CCCNC(=O)Nc1cc(Nc2c(-c3ncncc3C(=O)OC(C)C)c3ccccc3n2C)c(OC)cc1N1CCOCC1. The van der Waals surface area contributed by atoms with E-state index in [0.29, 0.717) is 67.0 Å². The highest BCUT2D eigenvalue weighted by molar-refractivity contribution is 6.08. The van der Waals surface area contributed by atoms with Gasteiger partial charge in [0.05, 0.1) is 60.3 Å². The zero-order valence-corrected chi connectivity index (χ0v) is 25.8. The Morgan fingerprint density at radius 1 is 1.11 bits per heavy atom. The Bertz CT molecular complexity index is 1650. The van der Waals surface area contributed by atoms with Crippen LogP contribution in [0.3, 0.4) is 0 Å². The summed E-state index contributed by atoms with van der Waals surface area (Å²) in [5, 5.41) is 10.4. The van der Waals surface area contributed by atoms with Gasteiger partial charge in [-0.2, -0.15) is 0 Å². The van der Waals surface area contributed by atoms with E-state index >= 15 is 0 Å². The molecule has 44 heavy (non-hydrogen) atoms. The van der Waals surface area contributed by atoms with Crippen LogP contribution in [-0.4, -0.2) is 72.6 Å². The smallest absolute Gasteiger partial charge is 0.342 e. The summed E-state index contributed by atoms with van der Waals surface area (Å²) >= 11 is 0. The number of morpholine rings is 1. The number of aromatic nitrogens is 3. The van der Waals surface area contributed by atoms with Gasteiger partial charge in [0.15, 0.2) is 0 Å². The highest BCUT2D eigenvalue weighted by atomic mass is 16.5. The maximum atomic E-state index is 13.2. The van der Waals surface area contributed by atoms with E-state index in [1.807, 2.05) is 54.9 Å². The van der Waals surface area contributed by atoms with Crippen LogP contribution in [0.5, 0.6) is 5.75 Å². The van der Waals surface area contributed by atoms with Crippen LogP contribution < -0.4 is 25.6 Å². The van der Waals surface area contributed by atoms with E-state index in [2.05, 4.69) is 30.8 Å². The number of nitrogens with zero attached hydrogens (tertiary/aromatic N) is 4. The summed E-state index contributed by atoms with van der Waals surface area (Å²) in [4.78, 5) is 36.9. The van der Waals surface area contributed by atoms with Crippen LogP contribution in [-0.2, 0) is 16.5 Å². The molecule has 2 amide bonds. The van der Waals surface area contributed by atoms with Crippen molar-refractivity contribution in [2.75, 3.05) is 55.5 Å². The molecule has 1 fully saturated rings. The molecule has 0 saturated carbocycles. The van der Waals surface area contributed by atoms with Gasteiger partial charge in [-0.05, 0) is 32.4 Å². The lowest BCUT2D eigenvalue weighted by atomic mass is 10.0. The molecular weight excluding hydrogens is 562 g/mol. The molecule has 3 heterocycles. The lowest BCUT2D eigenvalue weighted by molar-refractivity contribution is 0.0378. The summed E-state index contributed by atoms with van der Waals surface area (Å²) in [6.07, 6.45) is 3.41. The van der Waals surface area contributed by atoms with E-state index < -0.39 is 5.97 Å². The number of esters is 1. The van der Waals surface area contributed by atoms with E-state index in [1.54, 1.807) is 21.0 Å². The molecule has 1 aliphatic rings. The molecule has 0 atom stereocenters. The van der Waals surface area contributed by atoms with Crippen LogP contribution in [0.4, 0.5) is 27.7 Å². The molecule has 1 aliphatic heterocycles. The van der Waals surface area contributed by atoms with Gasteiger partial charge in [0.25, 0.3) is 0 Å². The fraction of sp³-hybridized carbons (Fsp3) is 0.375. The van der Waals surface area contributed by atoms with Crippen molar-refractivity contribution >= 4 is 45.8 Å². The van der Waals surface area contributed by atoms with Gasteiger partial charge in [0, 0.05) is 44.3 Å². The third kappa shape index (κ3) is 6.40. The molecule has 12 heteroatoms. The fourth-order valence-corrected chi connectivity index (χ4v) is 5.27. The Morgan fingerprint density at radius 2 is 1.89 bits per heavy atom. The fourth-order valence-electron chi connectivity index (χ4n) is 5.27. The predicted molar refractivity (Wildman–Crippen MR) is 171 cm³/mol. The third-order valence-electron chi connectivity index (χ3n) is 7.33. The number of ether oxygens (including phenoxy) is 3. The Morgan fingerprint density at radius 3 is 2.61 bits per heavy atom. The number of urea groups is 1. The van der Waals surface area contributed by atoms with Crippen LogP contribution >= 0.6 is 0 Å². The average molecular weight is 602 g/mol. The van der Waals surface area contributed by atoms with Crippen LogP contribution in [0.25, 0.3) is 22.2 Å². The molecule has 1 saturated heterocycles. The molecule has 12 nitrogen and oxygen atoms in total. The van der Waals surface area contributed by atoms with E-state index in [4.69, 9.17) is 14.2 Å². The molecule has 2 aromatic heterocycles. The quantitative estimate of drug-likeness (QED) is 0.207. The first-order valence-corrected chi connectivity index (χ1v) is 14.8. The van der Waals surface area contributed by atoms with E-state index in [9.17, 15) is 9.59 Å². The molecule has 232 valence electrons. The molecule has 0 bridgehead atoms. The second kappa shape index (κ2) is 13.6. The second-order valence-corrected chi connectivity index (χ2v) is 10.7. The first kappa shape index (κ1) is 30.6. The van der Waals surface area contributed by atoms with Gasteiger partial charge in [-0.25, -0.2) is 19.6 Å². The minimum atomic E-state index is -0.508. The number of anilines is 4. The van der Waals surface area contributed by atoms with Crippen LogP contribution in [0.15, 0.2) is 48.9 Å². The maximum absolute atomic E-state index is 13.2. The van der Waals surface area contributed by atoms with E-state index in [1.165, 1.54) is 12.5 Å². The number of hydrogen-bond donors (Lipinski definition) is 3. The zero-order chi connectivity index (χ0) is 31.2. The Labute approximate surface area is 256 Å². The number of carbonyl (C=O) groups is 2. The first-order valence-electron chi connectivity index (χ1n) is 14.8. The average Bonchev–Trinajstić information content (AvgIpc) is 3.31. The van der Waals surface area contributed by atoms with Crippen molar-refractivity contribution in [1.29, 1.82) is 0 Å². The summed E-state index contributed by atoms with van der Waals surface area (Å²) in [7, 11) is 3.55. The molecular formula is C32H39N7O5. The number of methoxy groups -OCH3 is 1. The summed E-state index contributed by atoms with van der Waals surface area (Å²) in [5.74, 6) is 0.734. The molecule has 2 aromatic carbocycles. The number of nitrogens with one attached hydrogen (secondary N) is 3. The molecule has 0 radical (unpaired) electrons. The molecule has 4 aromatic rings. The number of fused-ring (bicyclic) bond motifs is 1. The Kier molecular flexibility index (Phi) is 9.49. The van der Waals surface area contributed by atoms with Crippen LogP contribution in [0.2, 0.25) is 0 Å². The number of carbonyl (C=O) groups excluding carboxylic acids is 2. The first-order chi connectivity index (χ1) is 21.3. The predicted octanol–water partition coefficient (Wildman–Crippen LogP) is 5.32. The van der Waals surface area contributed by atoms with Crippen molar-refractivity contribution in [3.8, 4) is 17.0 Å².